The number of carbonyl (C=O) groups is 2. The normalized spacial score (nSPS) is 12.2. The second kappa shape index (κ2) is 52.5. The number of nitrogens with zero attached hydrogens (tertiary/aromatic N) is 1. The van der Waals surface area contributed by atoms with Gasteiger partial charge in [-0.2, -0.15) is 0 Å². The van der Waals surface area contributed by atoms with Crippen LogP contribution in [0.1, 0.15) is 226 Å². The zero-order valence-corrected chi connectivity index (χ0v) is 46.4. The van der Waals surface area contributed by atoms with Crippen LogP contribution in [0, 0.1) is 0 Å². The van der Waals surface area contributed by atoms with Gasteiger partial charge in [0.1, 0.15) is 0 Å². The number of H-pyrrole nitrogens is 1. The molecule has 1 aromatic rings. The Hall–Kier alpha value is -3.35. The van der Waals surface area contributed by atoms with Crippen LogP contribution in [0.15, 0.2) is 71.6 Å². The van der Waals surface area contributed by atoms with E-state index in [2.05, 4.69) is 86.2 Å². The van der Waals surface area contributed by atoms with Gasteiger partial charge in [-0.1, -0.05) is 121 Å². The second-order valence-corrected chi connectivity index (χ2v) is 19.0. The fourth-order valence-corrected chi connectivity index (χ4v) is 8.06. The number of hydrogen-bond donors (Lipinski definition) is 1. The van der Waals surface area contributed by atoms with Gasteiger partial charge in [0, 0.05) is 64.0 Å². The van der Waals surface area contributed by atoms with Gasteiger partial charge in [0.05, 0.1) is 26.1 Å². The van der Waals surface area contributed by atoms with Crippen molar-refractivity contribution in [3.05, 3.63) is 82.9 Å². The van der Waals surface area contributed by atoms with Crippen LogP contribution in [0.5, 0.6) is 0 Å². The van der Waals surface area contributed by atoms with Crippen LogP contribution in [0.4, 0.5) is 0 Å². The van der Waals surface area contributed by atoms with Gasteiger partial charge in [-0.15, -0.1) is 0 Å². The van der Waals surface area contributed by atoms with Crippen molar-refractivity contribution >= 4 is 11.9 Å². The van der Waals surface area contributed by atoms with E-state index in [9.17, 15) is 14.4 Å². The lowest BCUT2D eigenvalue weighted by Gasteiger charge is -2.22. The van der Waals surface area contributed by atoms with Crippen molar-refractivity contribution in [1.29, 1.82) is 0 Å². The number of unbranched alkanes of at least 4 members (excludes halogenated alkanes) is 16. The van der Waals surface area contributed by atoms with Gasteiger partial charge in [-0.05, 0) is 148 Å². The summed E-state index contributed by atoms with van der Waals surface area (Å²) in [5.41, 5.74) is 0.912. The van der Waals surface area contributed by atoms with Crippen LogP contribution >= 0.6 is 0 Å². The molecule has 0 amide bonds. The van der Waals surface area contributed by atoms with E-state index >= 15 is 0 Å². The Balaban J connectivity index is 2.37. The third kappa shape index (κ3) is 45.3. The van der Waals surface area contributed by atoms with Crippen molar-refractivity contribution in [2.24, 2.45) is 0 Å². The van der Waals surface area contributed by atoms with Crippen LogP contribution in [-0.4, -0.2) is 93.7 Å². The highest BCUT2D eigenvalue weighted by Gasteiger charge is 2.15. The minimum absolute atomic E-state index is 0.0575. The molecule has 0 radical (unpaired) electrons. The van der Waals surface area contributed by atoms with Crippen molar-refractivity contribution < 1.29 is 38.0 Å². The molecule has 1 aromatic heterocycles. The van der Waals surface area contributed by atoms with Gasteiger partial charge in [-0.3, -0.25) is 14.4 Å². The highest BCUT2D eigenvalue weighted by Crippen LogP contribution is 2.14. The summed E-state index contributed by atoms with van der Waals surface area (Å²) in [4.78, 5) is 42.7. The van der Waals surface area contributed by atoms with Crippen LogP contribution in [-0.2, 0) is 44.4 Å². The molecule has 0 aliphatic heterocycles. The molecule has 1 heterocycles. The first-order chi connectivity index (χ1) is 35.4. The Morgan fingerprint density at radius 3 is 1.19 bits per heavy atom. The van der Waals surface area contributed by atoms with E-state index in [-0.39, 0.29) is 30.1 Å². The molecule has 1 N–H and O–H groups in total. The second-order valence-electron chi connectivity index (χ2n) is 19.0. The van der Waals surface area contributed by atoms with E-state index in [1.807, 2.05) is 12.1 Å². The quantitative estimate of drug-likeness (QED) is 0.0292. The largest absolute Gasteiger partial charge is 0.466 e. The van der Waals surface area contributed by atoms with Gasteiger partial charge in [-0.25, -0.2) is 0 Å². The van der Waals surface area contributed by atoms with Gasteiger partial charge >= 0.3 is 11.9 Å². The Bertz CT molecular complexity index is 1410. The zero-order chi connectivity index (χ0) is 52.1. The van der Waals surface area contributed by atoms with E-state index in [4.69, 9.17) is 28.4 Å². The number of rotatable bonds is 53. The number of aromatic nitrogens is 1. The lowest BCUT2D eigenvalue weighted by Crippen LogP contribution is -2.29. The molecule has 0 fully saturated rings. The minimum Gasteiger partial charge on any atom is -0.466 e. The Morgan fingerprint density at radius 1 is 0.458 bits per heavy atom. The maximum atomic E-state index is 12.6. The average Bonchev–Trinajstić information content (AvgIpc) is 3.38. The minimum atomic E-state index is -0.374. The standard InChI is InChI=1S/C61H106N2O9/c1-5-9-13-17-25-35-52-69-60(70-53-36-26-18-14-10-6-2)44-42-58(65)67-50-33-29-21-23-31-47-63(49-46-56-40-39-41-57(64)62-56)48-32-24-22-30-34-51-68-59(66)43-45-61(71-54-37-27-19-15-11-7-3)72-55-38-28-20-16-12-8-4/h9-16,39-41,60-61H,5-8,17-38,42-55H2,1-4H3,(H,62,64)/b13-9-,14-10-,15-11-,16-12-. The monoisotopic (exact) mass is 1010 g/mol. The molecular weight excluding hydrogens is 905 g/mol. The van der Waals surface area contributed by atoms with Crippen molar-refractivity contribution in [3.8, 4) is 0 Å². The molecule has 11 nitrogen and oxygen atoms in total. The van der Waals surface area contributed by atoms with Crippen molar-refractivity contribution in [2.45, 2.75) is 239 Å². The van der Waals surface area contributed by atoms with Crippen LogP contribution in [0.2, 0.25) is 0 Å². The Kier molecular flexibility index (Phi) is 48.6. The molecular formula is C61H106N2O9. The van der Waals surface area contributed by atoms with Gasteiger partial charge in [0.2, 0.25) is 5.56 Å². The van der Waals surface area contributed by atoms with E-state index in [1.165, 1.54) is 0 Å². The molecule has 0 saturated heterocycles. The van der Waals surface area contributed by atoms with E-state index in [0.717, 1.165) is 199 Å². The molecule has 0 aliphatic rings. The summed E-state index contributed by atoms with van der Waals surface area (Å²) in [6.45, 7) is 15.0. The van der Waals surface area contributed by atoms with E-state index in [1.54, 1.807) is 6.07 Å². The topological polar surface area (TPSA) is 126 Å². The maximum Gasteiger partial charge on any atom is 0.305 e. The smallest absolute Gasteiger partial charge is 0.305 e. The molecule has 0 bridgehead atoms. The first kappa shape index (κ1) is 66.7. The summed E-state index contributed by atoms with van der Waals surface area (Å²) in [5, 5.41) is 0. The third-order valence-corrected chi connectivity index (χ3v) is 12.3. The first-order valence-electron chi connectivity index (χ1n) is 29.2. The molecule has 414 valence electrons. The summed E-state index contributed by atoms with van der Waals surface area (Å²) in [7, 11) is 0. The summed E-state index contributed by atoms with van der Waals surface area (Å²) in [6.07, 6.45) is 46.7. The summed E-state index contributed by atoms with van der Waals surface area (Å²) >= 11 is 0. The fraction of sp³-hybridized carbons (Fsp3) is 0.754. The SMILES string of the molecule is CC/C=C\CCCCOC(CCC(=O)OCCCCCCCN(CCCCCCCOC(=O)CCC(OCCCC/C=C\CC)OCCCC/C=C\CC)CCc1cccc(=O)[nH]1)OCCCC/C=C\CC. The zero-order valence-electron chi connectivity index (χ0n) is 46.4. The number of nitrogens with one attached hydrogen (secondary N) is 1. The van der Waals surface area contributed by atoms with Gasteiger partial charge < -0.3 is 38.3 Å². The lowest BCUT2D eigenvalue weighted by molar-refractivity contribution is -0.159. The van der Waals surface area contributed by atoms with Crippen LogP contribution in [0.25, 0.3) is 0 Å². The van der Waals surface area contributed by atoms with Crippen molar-refractivity contribution in [3.63, 3.8) is 0 Å². The number of pyridine rings is 1. The summed E-state index contributed by atoms with van der Waals surface area (Å²) < 4.78 is 35.5. The lowest BCUT2D eigenvalue weighted by atomic mass is 10.1. The fourth-order valence-electron chi connectivity index (χ4n) is 8.06. The third-order valence-electron chi connectivity index (χ3n) is 12.3. The molecule has 0 spiro atoms. The number of allylic oxidation sites excluding steroid dienone is 8. The summed E-state index contributed by atoms with van der Waals surface area (Å²) in [5.74, 6) is -0.358. The van der Waals surface area contributed by atoms with E-state index < -0.39 is 0 Å². The highest BCUT2D eigenvalue weighted by atomic mass is 16.7. The predicted octanol–water partition coefficient (Wildman–Crippen LogP) is 15.0. The van der Waals surface area contributed by atoms with Gasteiger partial charge in [0.15, 0.2) is 12.6 Å². The average molecular weight is 1010 g/mol. The maximum absolute atomic E-state index is 12.6. The molecule has 72 heavy (non-hydrogen) atoms. The Morgan fingerprint density at radius 2 is 0.819 bits per heavy atom. The van der Waals surface area contributed by atoms with Crippen LogP contribution in [0.3, 0.4) is 0 Å². The number of ether oxygens (including phenoxy) is 6. The number of carbonyl (C=O) groups excluding carboxylic acids is 2. The number of hydrogen-bond acceptors (Lipinski definition) is 10. The molecule has 0 saturated carbocycles. The molecule has 0 atom stereocenters. The van der Waals surface area contributed by atoms with Crippen molar-refractivity contribution in [1.82, 2.24) is 9.88 Å². The molecule has 11 heteroatoms. The molecule has 0 aliphatic carbocycles. The molecule has 0 aromatic carbocycles. The number of aromatic amines is 1. The van der Waals surface area contributed by atoms with Crippen LogP contribution < -0.4 is 5.56 Å². The molecule has 1 rings (SSSR count). The molecule has 0 unspecified atom stereocenters. The number of esters is 2. The van der Waals surface area contributed by atoms with E-state index in [0.29, 0.717) is 65.3 Å². The highest BCUT2D eigenvalue weighted by molar-refractivity contribution is 5.69. The van der Waals surface area contributed by atoms with Crippen molar-refractivity contribution in [2.75, 3.05) is 59.3 Å². The Labute approximate surface area is 439 Å². The van der Waals surface area contributed by atoms with Gasteiger partial charge in [0.25, 0.3) is 0 Å². The predicted molar refractivity (Wildman–Crippen MR) is 298 cm³/mol. The summed E-state index contributed by atoms with van der Waals surface area (Å²) in [6, 6.07) is 5.38. The first-order valence-corrected chi connectivity index (χ1v) is 29.2.